The van der Waals surface area contributed by atoms with Crippen LogP contribution < -0.4 is 4.90 Å². The summed E-state index contributed by atoms with van der Waals surface area (Å²) >= 11 is 2.25. The Balaban J connectivity index is 2.05. The molecule has 2 heterocycles. The van der Waals surface area contributed by atoms with Gasteiger partial charge in [0.1, 0.15) is 5.82 Å². The van der Waals surface area contributed by atoms with E-state index >= 15 is 0 Å². The second kappa shape index (κ2) is 5.07. The van der Waals surface area contributed by atoms with Gasteiger partial charge in [0.05, 0.1) is 6.26 Å². The van der Waals surface area contributed by atoms with E-state index in [0.29, 0.717) is 26.2 Å². The molecule has 1 aromatic heterocycles. The summed E-state index contributed by atoms with van der Waals surface area (Å²) in [7, 11) is -3.05. The minimum absolute atomic E-state index is 0.534. The van der Waals surface area contributed by atoms with Crippen LogP contribution in [-0.2, 0) is 10.0 Å². The maximum absolute atomic E-state index is 11.4. The lowest BCUT2D eigenvalue weighted by Gasteiger charge is -2.33. The van der Waals surface area contributed by atoms with E-state index in [-0.39, 0.29) is 0 Å². The van der Waals surface area contributed by atoms with Gasteiger partial charge in [-0.25, -0.2) is 13.4 Å². The molecule has 1 aliphatic rings. The van der Waals surface area contributed by atoms with Crippen molar-refractivity contribution in [2.75, 3.05) is 37.3 Å². The van der Waals surface area contributed by atoms with Crippen LogP contribution in [0.2, 0.25) is 0 Å². The Morgan fingerprint density at radius 3 is 2.47 bits per heavy atom. The first-order valence-electron chi connectivity index (χ1n) is 5.28. The first-order valence-corrected chi connectivity index (χ1v) is 8.21. The van der Waals surface area contributed by atoms with Gasteiger partial charge in [-0.15, -0.1) is 0 Å². The molecule has 0 bridgehead atoms. The van der Waals surface area contributed by atoms with Gasteiger partial charge < -0.3 is 4.90 Å². The van der Waals surface area contributed by atoms with E-state index in [9.17, 15) is 8.42 Å². The Hall–Kier alpha value is -0.410. The van der Waals surface area contributed by atoms with E-state index in [2.05, 4.69) is 32.5 Å². The van der Waals surface area contributed by atoms with Gasteiger partial charge >= 0.3 is 0 Å². The van der Waals surface area contributed by atoms with E-state index in [0.717, 1.165) is 9.39 Å². The fraction of sp³-hybridized carbons (Fsp3) is 0.500. The van der Waals surface area contributed by atoms with Crippen molar-refractivity contribution in [3.05, 3.63) is 21.9 Å². The van der Waals surface area contributed by atoms with E-state index in [1.54, 1.807) is 6.20 Å². The lowest BCUT2D eigenvalue weighted by molar-refractivity contribution is 0.387. The van der Waals surface area contributed by atoms with Crippen LogP contribution in [0.25, 0.3) is 0 Å². The van der Waals surface area contributed by atoms with Crippen LogP contribution in [0.4, 0.5) is 5.82 Å². The Labute approximate surface area is 115 Å². The minimum atomic E-state index is -3.05. The van der Waals surface area contributed by atoms with Gasteiger partial charge in [-0.1, -0.05) is 0 Å². The van der Waals surface area contributed by atoms with Crippen molar-refractivity contribution in [2.24, 2.45) is 0 Å². The largest absolute Gasteiger partial charge is 0.354 e. The van der Waals surface area contributed by atoms with Crippen LogP contribution in [-0.4, -0.2) is 50.1 Å². The summed E-state index contributed by atoms with van der Waals surface area (Å²) in [5.74, 6) is 0.921. The van der Waals surface area contributed by atoms with Gasteiger partial charge in [-0.2, -0.15) is 4.31 Å². The van der Waals surface area contributed by atoms with Gasteiger partial charge in [0.2, 0.25) is 10.0 Å². The van der Waals surface area contributed by atoms with E-state index in [1.165, 1.54) is 10.6 Å². The molecule has 1 aromatic rings. The third-order valence-corrected chi connectivity index (χ3v) is 4.71. The minimum Gasteiger partial charge on any atom is -0.354 e. The molecule has 2 rings (SSSR count). The van der Waals surface area contributed by atoms with E-state index in [1.807, 2.05) is 12.1 Å². The molecule has 0 spiro atoms. The van der Waals surface area contributed by atoms with Crippen molar-refractivity contribution >= 4 is 38.4 Å². The summed E-state index contributed by atoms with van der Waals surface area (Å²) in [6.45, 7) is 2.46. The number of hydrogen-bond donors (Lipinski definition) is 0. The summed E-state index contributed by atoms with van der Waals surface area (Å²) < 4.78 is 25.4. The number of anilines is 1. The second-order valence-electron chi connectivity index (χ2n) is 3.98. The van der Waals surface area contributed by atoms with Crippen LogP contribution in [0.5, 0.6) is 0 Å². The lowest BCUT2D eigenvalue weighted by atomic mass is 10.3. The van der Waals surface area contributed by atoms with Crippen LogP contribution >= 0.6 is 22.6 Å². The molecule has 17 heavy (non-hydrogen) atoms. The molecular weight excluding hydrogens is 353 g/mol. The van der Waals surface area contributed by atoms with Crippen molar-refractivity contribution in [2.45, 2.75) is 0 Å². The number of sulfonamides is 1. The molecule has 0 N–H and O–H groups in total. The maximum atomic E-state index is 11.4. The monoisotopic (exact) mass is 367 g/mol. The highest BCUT2D eigenvalue weighted by Crippen LogP contribution is 2.16. The molecule has 0 aromatic carbocycles. The zero-order chi connectivity index (χ0) is 12.5. The lowest BCUT2D eigenvalue weighted by Crippen LogP contribution is -2.48. The first kappa shape index (κ1) is 13.0. The molecule has 5 nitrogen and oxygen atoms in total. The van der Waals surface area contributed by atoms with Gasteiger partial charge in [0.15, 0.2) is 0 Å². The third kappa shape index (κ3) is 3.29. The smallest absolute Gasteiger partial charge is 0.211 e. The summed E-state index contributed by atoms with van der Waals surface area (Å²) in [5, 5.41) is 0. The summed E-state index contributed by atoms with van der Waals surface area (Å²) in [6.07, 6.45) is 3.03. The number of hydrogen-bond acceptors (Lipinski definition) is 4. The SMILES string of the molecule is CS(=O)(=O)N1CCN(c2cc(I)ccn2)CC1. The van der Waals surface area contributed by atoms with Gasteiger partial charge in [0, 0.05) is 35.9 Å². The molecular formula is C10H14IN3O2S. The van der Waals surface area contributed by atoms with Gasteiger partial charge in [-0.05, 0) is 34.7 Å². The average Bonchev–Trinajstić information content (AvgIpc) is 2.28. The van der Waals surface area contributed by atoms with Crippen LogP contribution in [0.3, 0.4) is 0 Å². The summed E-state index contributed by atoms with van der Waals surface area (Å²) in [6, 6.07) is 3.95. The fourth-order valence-corrected chi connectivity index (χ4v) is 3.08. The Kier molecular flexibility index (Phi) is 3.88. The quantitative estimate of drug-likeness (QED) is 0.725. The number of piperazine rings is 1. The molecule has 0 atom stereocenters. The van der Waals surface area contributed by atoms with Crippen molar-refractivity contribution in [3.63, 3.8) is 0 Å². The second-order valence-corrected chi connectivity index (χ2v) is 7.21. The molecule has 0 saturated carbocycles. The molecule has 1 fully saturated rings. The number of rotatable bonds is 2. The van der Waals surface area contributed by atoms with E-state index < -0.39 is 10.0 Å². The number of nitrogens with zero attached hydrogens (tertiary/aromatic N) is 3. The first-order chi connectivity index (χ1) is 7.97. The Morgan fingerprint density at radius 2 is 1.94 bits per heavy atom. The Morgan fingerprint density at radius 1 is 1.29 bits per heavy atom. The number of aromatic nitrogens is 1. The molecule has 0 amide bonds. The zero-order valence-corrected chi connectivity index (χ0v) is 12.5. The Bertz CT molecular complexity index is 498. The fourth-order valence-electron chi connectivity index (χ4n) is 1.82. The predicted octanol–water partition coefficient (Wildman–Crippen LogP) is 0.768. The summed E-state index contributed by atoms with van der Waals surface area (Å²) in [5.41, 5.74) is 0. The van der Waals surface area contributed by atoms with Crippen LogP contribution in [0.15, 0.2) is 18.3 Å². The van der Waals surface area contributed by atoms with E-state index in [4.69, 9.17) is 0 Å². The number of pyridine rings is 1. The van der Waals surface area contributed by atoms with Crippen LogP contribution in [0.1, 0.15) is 0 Å². The van der Waals surface area contributed by atoms with Crippen molar-refractivity contribution in [3.8, 4) is 0 Å². The van der Waals surface area contributed by atoms with Gasteiger partial charge in [0.25, 0.3) is 0 Å². The summed E-state index contributed by atoms with van der Waals surface area (Å²) in [4.78, 5) is 6.42. The van der Waals surface area contributed by atoms with Crippen molar-refractivity contribution in [1.29, 1.82) is 0 Å². The molecule has 94 valence electrons. The molecule has 0 aliphatic carbocycles. The predicted molar refractivity (Wildman–Crippen MR) is 75.6 cm³/mol. The molecule has 0 radical (unpaired) electrons. The highest BCUT2D eigenvalue weighted by molar-refractivity contribution is 14.1. The highest BCUT2D eigenvalue weighted by atomic mass is 127. The highest BCUT2D eigenvalue weighted by Gasteiger charge is 2.23. The molecule has 0 unspecified atom stereocenters. The zero-order valence-electron chi connectivity index (χ0n) is 9.50. The van der Waals surface area contributed by atoms with Crippen molar-refractivity contribution in [1.82, 2.24) is 9.29 Å². The molecule has 1 aliphatic heterocycles. The average molecular weight is 367 g/mol. The van der Waals surface area contributed by atoms with Crippen molar-refractivity contribution < 1.29 is 8.42 Å². The molecule has 1 saturated heterocycles. The topological polar surface area (TPSA) is 53.5 Å². The normalized spacial score (nSPS) is 18.4. The third-order valence-electron chi connectivity index (χ3n) is 2.74. The van der Waals surface area contributed by atoms with Gasteiger partial charge in [-0.3, -0.25) is 0 Å². The van der Waals surface area contributed by atoms with Crippen LogP contribution in [0, 0.1) is 3.57 Å². The maximum Gasteiger partial charge on any atom is 0.211 e. The standard InChI is InChI=1S/C10H14IN3O2S/c1-17(15,16)14-6-4-13(5-7-14)10-8-9(11)2-3-12-10/h2-3,8H,4-7H2,1H3. The molecule has 7 heteroatoms. The number of halogens is 1.